The molecule has 3 rings (SSSR count). The molecule has 0 unspecified atom stereocenters. The molecule has 5 nitrogen and oxygen atoms in total. The van der Waals surface area contributed by atoms with Crippen molar-refractivity contribution in [1.82, 2.24) is 0 Å². The molecule has 1 aromatic rings. The van der Waals surface area contributed by atoms with E-state index in [1.807, 2.05) is 0 Å². The number of anilines is 1. The van der Waals surface area contributed by atoms with Gasteiger partial charge in [0.05, 0.1) is 11.1 Å². The summed E-state index contributed by atoms with van der Waals surface area (Å²) in [4.78, 5) is 9.16. The van der Waals surface area contributed by atoms with Crippen molar-refractivity contribution in [3.05, 3.63) is 29.3 Å². The molecule has 1 heterocycles. The molecule has 0 saturated heterocycles. The highest BCUT2D eigenvalue weighted by atomic mass is 19.4. The van der Waals surface area contributed by atoms with Crippen LogP contribution in [0.1, 0.15) is 43.2 Å². The van der Waals surface area contributed by atoms with Gasteiger partial charge in [0.15, 0.2) is 0 Å². The highest BCUT2D eigenvalue weighted by Gasteiger charge is 2.44. The Morgan fingerprint density at radius 3 is 1.85 bits per heavy atom. The molecule has 0 amide bonds. The molecule has 0 radical (unpaired) electrons. The number of nitrogens with two attached hydrogens (primary N) is 2. The standard InChI is InChI=1S/C16H17F6N5/c17-15(18,19)9-6-10(16(20,21)22)8-11(7-9)27-13(24)25-12(23)26-14(27)4-2-1-3-5-14/h6-8H,1-5H2,(H4,23,24,25,26). The zero-order valence-corrected chi connectivity index (χ0v) is 14.0. The Kier molecular flexibility index (Phi) is 4.51. The molecule has 1 saturated carbocycles. The Labute approximate surface area is 150 Å². The second-order valence-electron chi connectivity index (χ2n) is 6.58. The second kappa shape index (κ2) is 6.31. The van der Waals surface area contributed by atoms with Crippen LogP contribution >= 0.6 is 0 Å². The second-order valence-corrected chi connectivity index (χ2v) is 6.58. The van der Waals surface area contributed by atoms with Gasteiger partial charge in [-0.25, -0.2) is 4.99 Å². The van der Waals surface area contributed by atoms with Crippen molar-refractivity contribution in [1.29, 1.82) is 0 Å². The molecule has 4 N–H and O–H groups in total. The van der Waals surface area contributed by atoms with E-state index in [0.717, 1.165) is 11.3 Å². The van der Waals surface area contributed by atoms with E-state index >= 15 is 0 Å². The van der Waals surface area contributed by atoms with Crippen LogP contribution in [0.15, 0.2) is 28.2 Å². The van der Waals surface area contributed by atoms with Crippen molar-refractivity contribution in [3.63, 3.8) is 0 Å². The molecular formula is C16H17F6N5. The zero-order chi connectivity index (χ0) is 20.0. The van der Waals surface area contributed by atoms with Crippen LogP contribution in [-0.2, 0) is 12.4 Å². The van der Waals surface area contributed by atoms with Gasteiger partial charge in [-0.1, -0.05) is 6.42 Å². The number of guanidine groups is 2. The Morgan fingerprint density at radius 2 is 1.37 bits per heavy atom. The lowest BCUT2D eigenvalue weighted by Crippen LogP contribution is -2.58. The van der Waals surface area contributed by atoms with Crippen LogP contribution in [0, 0.1) is 0 Å². The molecule has 1 aliphatic heterocycles. The fraction of sp³-hybridized carbons (Fsp3) is 0.500. The van der Waals surface area contributed by atoms with Gasteiger partial charge in [0.1, 0.15) is 5.66 Å². The summed E-state index contributed by atoms with van der Waals surface area (Å²) < 4.78 is 79.2. The number of alkyl halides is 6. The Hall–Kier alpha value is -2.46. The third-order valence-electron chi connectivity index (χ3n) is 4.68. The topological polar surface area (TPSA) is 80.0 Å². The van der Waals surface area contributed by atoms with Crippen LogP contribution in [-0.4, -0.2) is 17.6 Å². The molecule has 1 fully saturated rings. The fourth-order valence-electron chi connectivity index (χ4n) is 3.56. The Morgan fingerprint density at radius 1 is 0.852 bits per heavy atom. The van der Waals surface area contributed by atoms with Gasteiger partial charge in [-0.2, -0.15) is 31.3 Å². The molecule has 1 aliphatic carbocycles. The largest absolute Gasteiger partial charge is 0.416 e. The van der Waals surface area contributed by atoms with Crippen molar-refractivity contribution in [2.24, 2.45) is 21.5 Å². The highest BCUT2D eigenvalue weighted by molar-refractivity contribution is 6.05. The van der Waals surface area contributed by atoms with E-state index in [1.54, 1.807) is 0 Å². The van der Waals surface area contributed by atoms with Crippen LogP contribution in [0.5, 0.6) is 0 Å². The van der Waals surface area contributed by atoms with Crippen LogP contribution in [0.3, 0.4) is 0 Å². The van der Waals surface area contributed by atoms with E-state index in [-0.39, 0.29) is 23.7 Å². The van der Waals surface area contributed by atoms with Gasteiger partial charge < -0.3 is 11.5 Å². The van der Waals surface area contributed by atoms with Gasteiger partial charge in [0.2, 0.25) is 11.9 Å². The maximum atomic E-state index is 13.2. The number of hydrogen-bond acceptors (Lipinski definition) is 5. The maximum absolute atomic E-state index is 13.2. The summed E-state index contributed by atoms with van der Waals surface area (Å²) in [6.07, 6.45) is -6.89. The monoisotopic (exact) mass is 393 g/mol. The van der Waals surface area contributed by atoms with Crippen molar-refractivity contribution >= 4 is 17.6 Å². The Bertz CT molecular complexity index is 757. The summed E-state index contributed by atoms with van der Waals surface area (Å²) in [7, 11) is 0. The van der Waals surface area contributed by atoms with E-state index < -0.39 is 29.1 Å². The van der Waals surface area contributed by atoms with E-state index in [0.29, 0.717) is 37.8 Å². The predicted octanol–water partition coefficient (Wildman–Crippen LogP) is 3.83. The van der Waals surface area contributed by atoms with Crippen molar-refractivity contribution in [3.8, 4) is 0 Å². The molecule has 0 atom stereocenters. The van der Waals surface area contributed by atoms with E-state index in [4.69, 9.17) is 11.5 Å². The summed E-state index contributed by atoms with van der Waals surface area (Å²) in [6.45, 7) is 0. The van der Waals surface area contributed by atoms with Crippen molar-refractivity contribution in [2.75, 3.05) is 4.90 Å². The summed E-state index contributed by atoms with van der Waals surface area (Å²) in [5.41, 5.74) is 7.20. The lowest BCUT2D eigenvalue weighted by atomic mass is 9.87. The number of halogens is 6. The summed E-state index contributed by atoms with van der Waals surface area (Å²) in [6, 6.07) is 1.34. The number of nitrogens with zero attached hydrogens (tertiary/aromatic N) is 3. The van der Waals surface area contributed by atoms with Crippen LogP contribution in [0.4, 0.5) is 32.0 Å². The average molecular weight is 393 g/mol. The third-order valence-corrected chi connectivity index (χ3v) is 4.68. The number of aliphatic imine (C=N–C) groups is 2. The van der Waals surface area contributed by atoms with Gasteiger partial charge in [-0.05, 0) is 43.9 Å². The fourth-order valence-corrected chi connectivity index (χ4v) is 3.56. The van der Waals surface area contributed by atoms with Crippen LogP contribution in [0.2, 0.25) is 0 Å². The van der Waals surface area contributed by atoms with Gasteiger partial charge in [-0.15, -0.1) is 0 Å². The summed E-state index contributed by atoms with van der Waals surface area (Å²) >= 11 is 0. The molecule has 2 aliphatic rings. The molecule has 1 spiro atoms. The Balaban J connectivity index is 2.19. The van der Waals surface area contributed by atoms with Crippen molar-refractivity contribution < 1.29 is 26.3 Å². The average Bonchev–Trinajstić information content (AvgIpc) is 2.52. The first-order chi connectivity index (χ1) is 12.4. The molecule has 0 bridgehead atoms. The lowest BCUT2D eigenvalue weighted by Gasteiger charge is -2.45. The molecule has 27 heavy (non-hydrogen) atoms. The highest BCUT2D eigenvalue weighted by Crippen LogP contribution is 2.43. The predicted molar refractivity (Wildman–Crippen MR) is 88.0 cm³/mol. The van der Waals surface area contributed by atoms with E-state index in [9.17, 15) is 26.3 Å². The van der Waals surface area contributed by atoms with Crippen LogP contribution in [0.25, 0.3) is 0 Å². The summed E-state index contributed by atoms with van der Waals surface area (Å²) in [5.74, 6) is -0.425. The number of rotatable bonds is 1. The number of hydrogen-bond donors (Lipinski definition) is 2. The van der Waals surface area contributed by atoms with Crippen molar-refractivity contribution in [2.45, 2.75) is 50.1 Å². The molecule has 1 aromatic carbocycles. The molecule has 0 aromatic heterocycles. The van der Waals surface area contributed by atoms with E-state index in [2.05, 4.69) is 9.98 Å². The third kappa shape index (κ3) is 3.67. The quantitative estimate of drug-likeness (QED) is 0.712. The first kappa shape index (κ1) is 19.3. The van der Waals surface area contributed by atoms with Gasteiger partial charge in [0.25, 0.3) is 0 Å². The van der Waals surface area contributed by atoms with Gasteiger partial charge in [0, 0.05) is 5.69 Å². The van der Waals surface area contributed by atoms with Crippen LogP contribution < -0.4 is 16.4 Å². The SMILES string of the molecule is NC1=NC2(CCCCC2)N(c2cc(C(F)(F)F)cc(C(F)(F)F)c2)C(N)=N1. The minimum absolute atomic E-state index is 0.0753. The molecular weight excluding hydrogens is 376 g/mol. The minimum atomic E-state index is -4.96. The number of benzene rings is 1. The van der Waals surface area contributed by atoms with E-state index in [1.165, 1.54) is 0 Å². The normalized spacial score (nSPS) is 20.4. The van der Waals surface area contributed by atoms with Gasteiger partial charge >= 0.3 is 12.4 Å². The summed E-state index contributed by atoms with van der Waals surface area (Å²) in [5, 5.41) is 0. The first-order valence-electron chi connectivity index (χ1n) is 8.22. The molecule has 148 valence electrons. The smallest absolute Gasteiger partial charge is 0.369 e. The van der Waals surface area contributed by atoms with Gasteiger partial charge in [-0.3, -0.25) is 4.90 Å². The minimum Gasteiger partial charge on any atom is -0.369 e. The lowest BCUT2D eigenvalue weighted by molar-refractivity contribution is -0.143. The first-order valence-corrected chi connectivity index (χ1v) is 8.22. The zero-order valence-electron chi connectivity index (χ0n) is 14.0. The molecule has 11 heteroatoms. The maximum Gasteiger partial charge on any atom is 0.416 e.